The number of alkyl halides is 3. The van der Waals surface area contributed by atoms with Crippen molar-refractivity contribution in [3.8, 4) is 0 Å². The van der Waals surface area contributed by atoms with E-state index in [0.717, 1.165) is 0 Å². The van der Waals surface area contributed by atoms with Gasteiger partial charge in [-0.25, -0.2) is 8.42 Å². The molecule has 0 aliphatic heterocycles. The van der Waals surface area contributed by atoms with Gasteiger partial charge in [0.15, 0.2) is 5.82 Å². The number of anilines is 1. The minimum atomic E-state index is -4.63. The minimum Gasteiger partial charge on any atom is -0.381 e. The van der Waals surface area contributed by atoms with Gasteiger partial charge in [-0.05, 0) is 20.3 Å². The van der Waals surface area contributed by atoms with Gasteiger partial charge in [-0.1, -0.05) is 6.92 Å². The predicted octanol–water partition coefficient (Wildman–Crippen LogP) is 1.84. The van der Waals surface area contributed by atoms with Crippen molar-refractivity contribution in [1.29, 1.82) is 0 Å². The number of rotatable bonds is 6. The SMILES string of the molecule is CCCn1cc(S(=O)(=O)N(CC(F)(F)F)C(C)C)c(N)n1. The first-order valence-corrected chi connectivity index (χ1v) is 7.84. The first-order valence-electron chi connectivity index (χ1n) is 6.40. The Kier molecular flexibility index (Phi) is 5.26. The smallest absolute Gasteiger partial charge is 0.381 e. The van der Waals surface area contributed by atoms with E-state index in [-0.39, 0.29) is 5.82 Å². The second kappa shape index (κ2) is 6.22. The number of aryl methyl sites for hydroxylation is 1. The molecule has 0 aliphatic carbocycles. The number of nitrogen functional groups attached to an aromatic ring is 1. The molecule has 0 saturated carbocycles. The standard InChI is InChI=1S/C11H19F3N4O2S/c1-4-5-17-6-9(10(15)16-17)21(19,20)18(8(2)3)7-11(12,13)14/h6,8H,4-5,7H2,1-3H3,(H2,15,16). The second-order valence-electron chi connectivity index (χ2n) is 4.90. The number of nitrogens with zero attached hydrogens (tertiary/aromatic N) is 3. The van der Waals surface area contributed by atoms with Crippen molar-refractivity contribution in [2.45, 2.75) is 50.9 Å². The van der Waals surface area contributed by atoms with Gasteiger partial charge in [0.25, 0.3) is 0 Å². The van der Waals surface area contributed by atoms with Crippen molar-refractivity contribution in [2.75, 3.05) is 12.3 Å². The zero-order valence-electron chi connectivity index (χ0n) is 12.1. The number of aromatic nitrogens is 2. The van der Waals surface area contributed by atoms with Crippen LogP contribution in [-0.4, -0.2) is 41.3 Å². The molecule has 10 heteroatoms. The first kappa shape index (κ1) is 17.8. The third-order valence-electron chi connectivity index (χ3n) is 2.71. The maximum absolute atomic E-state index is 12.6. The van der Waals surface area contributed by atoms with Crippen LogP contribution in [0, 0.1) is 0 Å². The molecule has 122 valence electrons. The maximum atomic E-state index is 12.6. The quantitative estimate of drug-likeness (QED) is 0.864. The lowest BCUT2D eigenvalue weighted by Crippen LogP contribution is -2.43. The van der Waals surface area contributed by atoms with Gasteiger partial charge in [-0.3, -0.25) is 4.68 Å². The Labute approximate surface area is 121 Å². The Morgan fingerprint density at radius 3 is 2.43 bits per heavy atom. The van der Waals surface area contributed by atoms with Crippen molar-refractivity contribution in [3.05, 3.63) is 6.20 Å². The van der Waals surface area contributed by atoms with Gasteiger partial charge in [0.05, 0.1) is 0 Å². The van der Waals surface area contributed by atoms with E-state index >= 15 is 0 Å². The van der Waals surface area contributed by atoms with Gasteiger partial charge in [0.2, 0.25) is 10.0 Å². The van der Waals surface area contributed by atoms with Crippen LogP contribution >= 0.6 is 0 Å². The zero-order valence-corrected chi connectivity index (χ0v) is 12.9. The minimum absolute atomic E-state index is 0.295. The number of halogens is 3. The van der Waals surface area contributed by atoms with Crippen molar-refractivity contribution in [2.24, 2.45) is 0 Å². The van der Waals surface area contributed by atoms with Crippen molar-refractivity contribution in [1.82, 2.24) is 14.1 Å². The second-order valence-corrected chi connectivity index (χ2v) is 6.76. The van der Waals surface area contributed by atoms with E-state index in [1.54, 1.807) is 0 Å². The average Bonchev–Trinajstić information content (AvgIpc) is 2.67. The van der Waals surface area contributed by atoms with Crippen molar-refractivity contribution >= 4 is 15.8 Å². The molecule has 1 rings (SSSR count). The average molecular weight is 328 g/mol. The number of nitrogens with two attached hydrogens (primary N) is 1. The molecule has 0 aromatic carbocycles. The van der Waals surface area contributed by atoms with Crippen molar-refractivity contribution < 1.29 is 21.6 Å². The summed E-state index contributed by atoms with van der Waals surface area (Å²) in [6.07, 6.45) is -2.78. The Bertz CT molecular complexity index is 581. The van der Waals surface area contributed by atoms with E-state index in [1.807, 2.05) is 6.92 Å². The summed E-state index contributed by atoms with van der Waals surface area (Å²) >= 11 is 0. The maximum Gasteiger partial charge on any atom is 0.402 e. The van der Waals surface area contributed by atoms with E-state index in [0.29, 0.717) is 17.3 Å². The third-order valence-corrected chi connectivity index (χ3v) is 4.74. The van der Waals surface area contributed by atoms with Crippen LogP contribution in [0.4, 0.5) is 19.0 Å². The normalized spacial score (nSPS) is 13.3. The summed E-state index contributed by atoms with van der Waals surface area (Å²) in [6.45, 7) is 3.47. The fourth-order valence-electron chi connectivity index (χ4n) is 1.81. The molecule has 0 amide bonds. The molecule has 0 fully saturated rings. The van der Waals surface area contributed by atoms with Gasteiger partial charge in [0, 0.05) is 18.8 Å². The van der Waals surface area contributed by atoms with Crippen LogP contribution in [-0.2, 0) is 16.6 Å². The highest BCUT2D eigenvalue weighted by Gasteiger charge is 2.39. The van der Waals surface area contributed by atoms with E-state index < -0.39 is 33.7 Å². The lowest BCUT2D eigenvalue weighted by molar-refractivity contribution is -0.138. The molecular formula is C11H19F3N4O2S. The van der Waals surface area contributed by atoms with Crippen molar-refractivity contribution in [3.63, 3.8) is 0 Å². The molecule has 1 aromatic rings. The Hall–Kier alpha value is -1.29. The van der Waals surface area contributed by atoms with Crippen LogP contribution in [0.3, 0.4) is 0 Å². The molecule has 21 heavy (non-hydrogen) atoms. The van der Waals surface area contributed by atoms with E-state index in [1.165, 1.54) is 24.7 Å². The summed E-state index contributed by atoms with van der Waals surface area (Å²) in [5.41, 5.74) is 5.54. The molecule has 1 aromatic heterocycles. The first-order chi connectivity index (χ1) is 9.49. The Balaban J connectivity index is 3.23. The molecule has 0 bridgehead atoms. The monoisotopic (exact) mass is 328 g/mol. The van der Waals surface area contributed by atoms with Crippen LogP contribution in [0.25, 0.3) is 0 Å². The molecule has 1 heterocycles. The van der Waals surface area contributed by atoms with Gasteiger partial charge in [0.1, 0.15) is 11.4 Å². The Morgan fingerprint density at radius 1 is 1.43 bits per heavy atom. The summed E-state index contributed by atoms with van der Waals surface area (Å²) in [4.78, 5) is -0.395. The summed E-state index contributed by atoms with van der Waals surface area (Å²) < 4.78 is 64.2. The lowest BCUT2D eigenvalue weighted by Gasteiger charge is -2.26. The van der Waals surface area contributed by atoms with E-state index in [4.69, 9.17) is 5.73 Å². The number of sulfonamides is 1. The van der Waals surface area contributed by atoms with Gasteiger partial charge < -0.3 is 5.73 Å². The van der Waals surface area contributed by atoms with Crippen LogP contribution in [0.15, 0.2) is 11.1 Å². The van der Waals surface area contributed by atoms with Crippen LogP contribution in [0.1, 0.15) is 27.2 Å². The van der Waals surface area contributed by atoms with E-state index in [9.17, 15) is 21.6 Å². The largest absolute Gasteiger partial charge is 0.402 e. The summed E-state index contributed by atoms with van der Waals surface area (Å²) in [5, 5.41) is 3.81. The molecule has 0 radical (unpaired) electrons. The zero-order chi connectivity index (χ0) is 16.4. The summed E-state index contributed by atoms with van der Waals surface area (Å²) in [5.74, 6) is -0.295. The highest BCUT2D eigenvalue weighted by Crippen LogP contribution is 2.27. The van der Waals surface area contributed by atoms with E-state index in [2.05, 4.69) is 5.10 Å². The summed E-state index contributed by atoms with van der Waals surface area (Å²) in [7, 11) is -4.36. The summed E-state index contributed by atoms with van der Waals surface area (Å²) in [6, 6.07) is -0.856. The van der Waals surface area contributed by atoms with Gasteiger partial charge >= 0.3 is 6.18 Å². The highest BCUT2D eigenvalue weighted by molar-refractivity contribution is 7.89. The highest BCUT2D eigenvalue weighted by atomic mass is 32.2. The fraction of sp³-hybridized carbons (Fsp3) is 0.727. The van der Waals surface area contributed by atoms with Gasteiger partial charge in [-0.15, -0.1) is 0 Å². The van der Waals surface area contributed by atoms with Crippen LogP contribution in [0.5, 0.6) is 0 Å². The van der Waals surface area contributed by atoms with Gasteiger partial charge in [-0.2, -0.15) is 22.6 Å². The molecule has 0 saturated heterocycles. The fourth-order valence-corrected chi connectivity index (χ4v) is 3.49. The third kappa shape index (κ3) is 4.34. The lowest BCUT2D eigenvalue weighted by atomic mass is 10.4. The molecule has 0 atom stereocenters. The topological polar surface area (TPSA) is 81.2 Å². The van der Waals surface area contributed by atoms with Crippen LogP contribution in [0.2, 0.25) is 0 Å². The predicted molar refractivity (Wildman–Crippen MR) is 72.0 cm³/mol. The Morgan fingerprint density at radius 2 is 2.00 bits per heavy atom. The van der Waals surface area contributed by atoms with Crippen LogP contribution < -0.4 is 5.73 Å². The molecule has 0 spiro atoms. The number of hydrogen-bond donors (Lipinski definition) is 1. The molecule has 2 N–H and O–H groups in total. The molecule has 0 unspecified atom stereocenters. The molecular weight excluding hydrogens is 309 g/mol. The molecule has 6 nitrogen and oxygen atoms in total. The number of hydrogen-bond acceptors (Lipinski definition) is 4. The molecule has 0 aliphatic rings.